The van der Waals surface area contributed by atoms with Gasteiger partial charge in [0.05, 0.1) is 5.02 Å². The van der Waals surface area contributed by atoms with E-state index < -0.39 is 5.82 Å². The highest BCUT2D eigenvalue weighted by Gasteiger charge is 2.30. The molecule has 2 aromatic carbocycles. The van der Waals surface area contributed by atoms with Crippen LogP contribution in [-0.4, -0.2) is 29.3 Å². The molecule has 3 rings (SSSR count). The third-order valence-electron chi connectivity index (χ3n) is 4.28. The van der Waals surface area contributed by atoms with E-state index in [0.717, 1.165) is 5.56 Å². The van der Waals surface area contributed by atoms with Gasteiger partial charge >= 0.3 is 6.03 Å². The molecule has 1 atom stereocenters. The minimum atomic E-state index is -0.537. The fraction of sp³-hybridized carbons (Fsp3) is 0.263. The van der Waals surface area contributed by atoms with Gasteiger partial charge in [-0.3, -0.25) is 4.79 Å². The number of urea groups is 1. The normalized spacial score (nSPS) is 17.4. The molecule has 0 aromatic heterocycles. The quantitative estimate of drug-likeness (QED) is 0.887. The highest BCUT2D eigenvalue weighted by molar-refractivity contribution is 6.31. The van der Waals surface area contributed by atoms with Crippen LogP contribution in [0.3, 0.4) is 0 Å². The summed E-state index contributed by atoms with van der Waals surface area (Å²) in [5, 5.41) is 2.69. The van der Waals surface area contributed by atoms with Crippen molar-refractivity contribution in [2.24, 2.45) is 0 Å². The lowest BCUT2D eigenvalue weighted by molar-refractivity contribution is -0.122. The Kier molecular flexibility index (Phi) is 5.34. The average molecular weight is 361 g/mol. The number of ketones is 1. The Bertz CT molecular complexity index is 782. The van der Waals surface area contributed by atoms with Gasteiger partial charge in [0.2, 0.25) is 0 Å². The summed E-state index contributed by atoms with van der Waals surface area (Å²) >= 11 is 5.75. The topological polar surface area (TPSA) is 49.4 Å². The molecule has 1 heterocycles. The molecule has 2 amide bonds. The molecule has 2 aromatic rings. The van der Waals surface area contributed by atoms with Crippen LogP contribution in [0.5, 0.6) is 0 Å². The molecule has 1 aliphatic rings. The molecule has 1 unspecified atom stereocenters. The molecule has 0 aliphatic carbocycles. The Labute approximate surface area is 150 Å². The van der Waals surface area contributed by atoms with Crippen LogP contribution in [0, 0.1) is 5.82 Å². The number of hydrogen-bond donors (Lipinski definition) is 1. The van der Waals surface area contributed by atoms with E-state index in [2.05, 4.69) is 5.32 Å². The summed E-state index contributed by atoms with van der Waals surface area (Å²) in [6.07, 6.45) is 1.31. The maximum Gasteiger partial charge on any atom is 0.322 e. The number of carbonyl (C=O) groups is 2. The largest absolute Gasteiger partial charge is 0.322 e. The first-order chi connectivity index (χ1) is 12.0. The van der Waals surface area contributed by atoms with E-state index in [0.29, 0.717) is 31.5 Å². The highest BCUT2D eigenvalue weighted by Crippen LogP contribution is 2.22. The van der Waals surface area contributed by atoms with Crippen molar-refractivity contribution in [1.29, 1.82) is 0 Å². The fourth-order valence-electron chi connectivity index (χ4n) is 3.01. The average Bonchev–Trinajstić information content (AvgIpc) is 2.59. The number of piperidine rings is 1. The van der Waals surface area contributed by atoms with Gasteiger partial charge in [0.1, 0.15) is 11.6 Å². The number of nitrogens with zero attached hydrogens (tertiary/aromatic N) is 1. The Balaban J connectivity index is 1.73. The number of Topliss-reactive ketones (excluding diaryl/α,β-unsaturated/α-hetero) is 1. The number of benzene rings is 2. The molecular weight excluding hydrogens is 343 g/mol. The first-order valence-electron chi connectivity index (χ1n) is 8.11. The van der Waals surface area contributed by atoms with Gasteiger partial charge in [-0.25, -0.2) is 9.18 Å². The van der Waals surface area contributed by atoms with Gasteiger partial charge in [0.25, 0.3) is 0 Å². The van der Waals surface area contributed by atoms with Crippen molar-refractivity contribution in [3.63, 3.8) is 0 Å². The lowest BCUT2D eigenvalue weighted by Crippen LogP contribution is -2.49. The molecule has 4 nitrogen and oxygen atoms in total. The number of hydrogen-bond acceptors (Lipinski definition) is 2. The molecule has 0 spiro atoms. The molecule has 1 saturated heterocycles. The fourth-order valence-corrected chi connectivity index (χ4v) is 3.19. The molecule has 0 bridgehead atoms. The van der Waals surface area contributed by atoms with Gasteiger partial charge in [0.15, 0.2) is 0 Å². The predicted molar refractivity (Wildman–Crippen MR) is 95.3 cm³/mol. The zero-order valence-electron chi connectivity index (χ0n) is 13.5. The summed E-state index contributed by atoms with van der Waals surface area (Å²) in [6.45, 7) is 0.372. The van der Waals surface area contributed by atoms with Crippen LogP contribution in [0.15, 0.2) is 48.5 Å². The van der Waals surface area contributed by atoms with Gasteiger partial charge < -0.3 is 10.2 Å². The van der Waals surface area contributed by atoms with E-state index in [4.69, 9.17) is 11.6 Å². The Morgan fingerprint density at radius 1 is 1.24 bits per heavy atom. The van der Waals surface area contributed by atoms with E-state index in [1.165, 1.54) is 18.2 Å². The van der Waals surface area contributed by atoms with Crippen molar-refractivity contribution >= 4 is 29.1 Å². The molecule has 6 heteroatoms. The van der Waals surface area contributed by atoms with Crippen LogP contribution in [0.25, 0.3) is 0 Å². The molecule has 0 saturated carbocycles. The van der Waals surface area contributed by atoms with Gasteiger partial charge in [-0.05, 0) is 30.2 Å². The van der Waals surface area contributed by atoms with Crippen LogP contribution in [0.2, 0.25) is 5.02 Å². The number of nitrogens with one attached hydrogen (secondary N) is 1. The molecule has 1 aliphatic heterocycles. The van der Waals surface area contributed by atoms with Gasteiger partial charge in [-0.15, -0.1) is 0 Å². The second kappa shape index (κ2) is 7.66. The van der Waals surface area contributed by atoms with Crippen LogP contribution in [-0.2, 0) is 11.2 Å². The Morgan fingerprint density at radius 2 is 2.00 bits per heavy atom. The lowest BCUT2D eigenvalue weighted by Gasteiger charge is -2.35. The van der Waals surface area contributed by atoms with E-state index in [9.17, 15) is 14.0 Å². The molecule has 130 valence electrons. The summed E-state index contributed by atoms with van der Waals surface area (Å²) in [5.74, 6) is -0.375. The second-order valence-electron chi connectivity index (χ2n) is 6.09. The third kappa shape index (κ3) is 4.37. The summed E-state index contributed by atoms with van der Waals surface area (Å²) in [7, 11) is 0. The SMILES string of the molecule is O=C1CCN(C(=O)Nc2ccc(F)c(Cl)c2)C(Cc2ccccc2)C1. The van der Waals surface area contributed by atoms with E-state index in [1.807, 2.05) is 30.3 Å². The smallest absolute Gasteiger partial charge is 0.320 e. The van der Waals surface area contributed by atoms with Crippen LogP contribution in [0.4, 0.5) is 14.9 Å². The van der Waals surface area contributed by atoms with Crippen molar-refractivity contribution < 1.29 is 14.0 Å². The minimum absolute atomic E-state index is 0.0487. The molecular formula is C19H18ClFN2O2. The highest BCUT2D eigenvalue weighted by atomic mass is 35.5. The molecule has 1 fully saturated rings. The van der Waals surface area contributed by atoms with Gasteiger partial charge in [0, 0.05) is 31.1 Å². The predicted octanol–water partition coefficient (Wildman–Crippen LogP) is 4.29. The summed E-state index contributed by atoms with van der Waals surface area (Å²) in [4.78, 5) is 26.2. The number of carbonyl (C=O) groups excluding carboxylic acids is 2. The number of likely N-dealkylation sites (tertiary alicyclic amines) is 1. The van der Waals surface area contributed by atoms with Gasteiger partial charge in [-0.2, -0.15) is 0 Å². The maximum absolute atomic E-state index is 13.2. The number of halogens is 2. The summed E-state index contributed by atoms with van der Waals surface area (Å²) in [5.41, 5.74) is 1.50. The Morgan fingerprint density at radius 3 is 2.72 bits per heavy atom. The summed E-state index contributed by atoms with van der Waals surface area (Å²) < 4.78 is 13.2. The van der Waals surface area contributed by atoms with Crippen molar-refractivity contribution in [3.8, 4) is 0 Å². The van der Waals surface area contributed by atoms with Crippen LogP contribution in [0.1, 0.15) is 18.4 Å². The minimum Gasteiger partial charge on any atom is -0.320 e. The summed E-state index contributed by atoms with van der Waals surface area (Å²) in [6, 6.07) is 13.3. The van der Waals surface area contributed by atoms with E-state index >= 15 is 0 Å². The van der Waals surface area contributed by atoms with E-state index in [-0.39, 0.29) is 22.9 Å². The zero-order valence-corrected chi connectivity index (χ0v) is 14.3. The van der Waals surface area contributed by atoms with Crippen LogP contribution >= 0.6 is 11.6 Å². The molecule has 1 N–H and O–H groups in total. The Hall–Kier alpha value is -2.40. The molecule has 25 heavy (non-hydrogen) atoms. The van der Waals surface area contributed by atoms with Crippen LogP contribution < -0.4 is 5.32 Å². The second-order valence-corrected chi connectivity index (χ2v) is 6.50. The van der Waals surface area contributed by atoms with Crippen molar-refractivity contribution in [2.45, 2.75) is 25.3 Å². The lowest BCUT2D eigenvalue weighted by atomic mass is 9.95. The number of anilines is 1. The third-order valence-corrected chi connectivity index (χ3v) is 4.57. The first-order valence-corrected chi connectivity index (χ1v) is 8.49. The zero-order chi connectivity index (χ0) is 17.8. The standard InChI is InChI=1S/C19H18ClFN2O2/c20-17-11-14(6-7-18(17)21)22-19(25)23-9-8-16(24)12-15(23)10-13-4-2-1-3-5-13/h1-7,11,15H,8-10,12H2,(H,22,25). The van der Waals surface area contributed by atoms with Crippen molar-refractivity contribution in [2.75, 3.05) is 11.9 Å². The number of amides is 2. The first kappa shape index (κ1) is 17.4. The van der Waals surface area contributed by atoms with E-state index in [1.54, 1.807) is 4.90 Å². The number of rotatable bonds is 3. The van der Waals surface area contributed by atoms with Gasteiger partial charge in [-0.1, -0.05) is 41.9 Å². The monoisotopic (exact) mass is 360 g/mol. The maximum atomic E-state index is 13.2. The molecule has 0 radical (unpaired) electrons. The van der Waals surface area contributed by atoms with Crippen molar-refractivity contribution in [1.82, 2.24) is 4.90 Å². The van der Waals surface area contributed by atoms with Crippen molar-refractivity contribution in [3.05, 3.63) is 64.9 Å².